The molecule has 246 valence electrons. The molecule has 45 heavy (non-hydrogen) atoms. The number of anilines is 1. The van der Waals surface area contributed by atoms with E-state index >= 15 is 4.39 Å². The Morgan fingerprint density at radius 1 is 1.11 bits per heavy atom. The molecule has 10 nitrogen and oxygen atoms in total. The fourth-order valence-electron chi connectivity index (χ4n) is 9.10. The Balaban J connectivity index is 1.23. The number of pyridine rings is 1. The van der Waals surface area contributed by atoms with Crippen molar-refractivity contribution < 1.29 is 23.0 Å². The Kier molecular flexibility index (Phi) is 8.49. The standard InChI is InChI=1S/C32H44ClF2N7O3/c33-24-11-25-22(14-37-40-25)26-21(24)5-1-2-9-43-17-20-16-41(7-4-10-44-20)30-23-13-36-29(26)27(35)28(23)38-31(39-30)45-18-32-6-3-8-42(32)15-19(34)12-32/h13,19-22,24-26,37,40H,1-12,14-18H2/t19-,20-,21?,22?,24?,25?,26?,32+/m1/s1. The lowest BCUT2D eigenvalue weighted by molar-refractivity contribution is -0.00690. The maximum Gasteiger partial charge on any atom is 0.319 e. The van der Waals surface area contributed by atoms with Crippen LogP contribution in [-0.2, 0) is 9.47 Å². The van der Waals surface area contributed by atoms with Crippen LogP contribution in [-0.4, -0.2) is 108 Å². The van der Waals surface area contributed by atoms with Crippen LogP contribution in [0.2, 0.25) is 0 Å². The Bertz CT molecular complexity index is 1390. The molecule has 4 saturated heterocycles. The molecule has 1 aliphatic carbocycles. The van der Waals surface area contributed by atoms with E-state index in [9.17, 15) is 4.39 Å². The molecule has 5 fully saturated rings. The van der Waals surface area contributed by atoms with Gasteiger partial charge in [0.15, 0.2) is 5.82 Å². The first-order valence-corrected chi connectivity index (χ1v) is 17.4. The van der Waals surface area contributed by atoms with Crippen molar-refractivity contribution in [2.75, 3.05) is 64.1 Å². The van der Waals surface area contributed by atoms with E-state index in [-0.39, 0.29) is 58.9 Å². The number of halogens is 3. The van der Waals surface area contributed by atoms with Crippen molar-refractivity contribution in [2.24, 2.45) is 11.8 Å². The van der Waals surface area contributed by atoms with Crippen LogP contribution in [0.5, 0.6) is 6.01 Å². The van der Waals surface area contributed by atoms with Crippen molar-refractivity contribution in [3.8, 4) is 6.01 Å². The molecule has 5 unspecified atom stereocenters. The monoisotopic (exact) mass is 647 g/mol. The largest absolute Gasteiger partial charge is 0.461 e. The Morgan fingerprint density at radius 2 is 2.04 bits per heavy atom. The summed E-state index contributed by atoms with van der Waals surface area (Å²) in [4.78, 5) is 18.8. The summed E-state index contributed by atoms with van der Waals surface area (Å²) in [7, 11) is 0. The van der Waals surface area contributed by atoms with Crippen LogP contribution in [0.3, 0.4) is 0 Å². The number of hydrogen-bond acceptors (Lipinski definition) is 10. The molecule has 0 aromatic carbocycles. The number of alkyl halides is 2. The lowest BCUT2D eigenvalue weighted by Crippen LogP contribution is -2.45. The van der Waals surface area contributed by atoms with Gasteiger partial charge in [-0.05, 0) is 56.9 Å². The summed E-state index contributed by atoms with van der Waals surface area (Å²) in [6.07, 6.45) is 7.40. The number of ether oxygens (including phenoxy) is 3. The van der Waals surface area contributed by atoms with E-state index < -0.39 is 12.0 Å². The van der Waals surface area contributed by atoms with Gasteiger partial charge in [-0.15, -0.1) is 11.6 Å². The van der Waals surface area contributed by atoms with Crippen molar-refractivity contribution in [3.05, 3.63) is 17.7 Å². The maximum absolute atomic E-state index is 17.1. The van der Waals surface area contributed by atoms with Gasteiger partial charge in [0.05, 0.1) is 29.3 Å². The molecule has 0 amide bonds. The fraction of sp³-hybridized carbons (Fsp3) is 0.781. The molecule has 2 N–H and O–H groups in total. The lowest BCUT2D eigenvalue weighted by Gasteiger charge is -2.42. The van der Waals surface area contributed by atoms with E-state index in [0.717, 1.165) is 58.0 Å². The summed E-state index contributed by atoms with van der Waals surface area (Å²) in [6, 6.07) is 0.265. The molecule has 8 atom stereocenters. The van der Waals surface area contributed by atoms with E-state index in [4.69, 9.17) is 40.8 Å². The van der Waals surface area contributed by atoms with Crippen molar-refractivity contribution in [1.82, 2.24) is 30.7 Å². The van der Waals surface area contributed by atoms with E-state index in [0.29, 0.717) is 62.8 Å². The van der Waals surface area contributed by atoms with Gasteiger partial charge in [0.2, 0.25) is 0 Å². The summed E-state index contributed by atoms with van der Waals surface area (Å²) in [6.45, 7) is 5.28. The Labute approximate surface area is 267 Å². The SMILES string of the molecule is Fc1c2ncc3c(nc(OC[C@@]45CCCN4C[C@H](F)C5)nc13)N1CCCO[C@@H](COCCCCC3C(Cl)CC4NNCC4C23)C1. The highest BCUT2D eigenvalue weighted by atomic mass is 35.5. The summed E-state index contributed by atoms with van der Waals surface area (Å²) >= 11 is 7.08. The normalized spacial score (nSPS) is 37.5. The number of hydrogen-bond donors (Lipinski definition) is 2. The molecule has 2 aromatic rings. The Morgan fingerprint density at radius 3 is 2.98 bits per heavy atom. The number of nitrogens with one attached hydrogen (secondary N) is 2. The molecule has 0 radical (unpaired) electrons. The summed E-state index contributed by atoms with van der Waals surface area (Å²) < 4.78 is 50.2. The van der Waals surface area contributed by atoms with Gasteiger partial charge in [-0.1, -0.05) is 6.42 Å². The molecule has 6 aliphatic heterocycles. The summed E-state index contributed by atoms with van der Waals surface area (Å²) in [5, 5.41) is 0.443. The lowest BCUT2D eigenvalue weighted by atomic mass is 9.66. The van der Waals surface area contributed by atoms with Gasteiger partial charge < -0.3 is 19.1 Å². The quantitative estimate of drug-likeness (QED) is 0.480. The van der Waals surface area contributed by atoms with E-state index in [1.807, 2.05) is 0 Å². The second kappa shape index (κ2) is 12.6. The minimum Gasteiger partial charge on any atom is -0.461 e. The molecule has 6 bridgehead atoms. The maximum atomic E-state index is 17.1. The highest BCUT2D eigenvalue weighted by Crippen LogP contribution is 2.48. The third-order valence-corrected chi connectivity index (χ3v) is 11.8. The first-order valence-electron chi connectivity index (χ1n) is 16.9. The van der Waals surface area contributed by atoms with Crippen LogP contribution in [0.25, 0.3) is 10.9 Å². The Hall–Kier alpha value is -1.96. The highest BCUT2D eigenvalue weighted by molar-refractivity contribution is 6.21. The molecule has 1 saturated carbocycles. The number of hydrazine groups is 1. The van der Waals surface area contributed by atoms with Crippen LogP contribution in [0.15, 0.2) is 6.20 Å². The van der Waals surface area contributed by atoms with Gasteiger partial charge in [-0.3, -0.25) is 20.7 Å². The third-order valence-electron chi connectivity index (χ3n) is 11.3. The van der Waals surface area contributed by atoms with Crippen molar-refractivity contribution in [1.29, 1.82) is 0 Å². The minimum atomic E-state index is -0.867. The predicted molar refractivity (Wildman–Crippen MR) is 166 cm³/mol. The van der Waals surface area contributed by atoms with Crippen LogP contribution < -0.4 is 20.5 Å². The van der Waals surface area contributed by atoms with Gasteiger partial charge in [-0.25, -0.2) is 8.78 Å². The van der Waals surface area contributed by atoms with Gasteiger partial charge >= 0.3 is 6.01 Å². The average molecular weight is 648 g/mol. The topological polar surface area (TPSA) is 96.9 Å². The zero-order valence-corrected chi connectivity index (χ0v) is 26.5. The molecule has 0 spiro atoms. The molecular formula is C32H44ClF2N7O3. The van der Waals surface area contributed by atoms with Gasteiger partial charge in [-0.2, -0.15) is 9.97 Å². The van der Waals surface area contributed by atoms with Crippen molar-refractivity contribution in [3.63, 3.8) is 0 Å². The molecule has 9 rings (SSSR count). The second-order valence-corrected chi connectivity index (χ2v) is 14.6. The minimum absolute atomic E-state index is 0.0668. The van der Waals surface area contributed by atoms with Crippen molar-refractivity contribution in [2.45, 2.75) is 86.5 Å². The van der Waals surface area contributed by atoms with Gasteiger partial charge in [0, 0.05) is 69.3 Å². The predicted octanol–water partition coefficient (Wildman–Crippen LogP) is 3.72. The second-order valence-electron chi connectivity index (χ2n) is 14.0. The first kappa shape index (κ1) is 30.4. The van der Waals surface area contributed by atoms with Crippen molar-refractivity contribution >= 4 is 28.3 Å². The zero-order chi connectivity index (χ0) is 30.5. The summed E-state index contributed by atoms with van der Waals surface area (Å²) in [5.41, 5.74) is 6.95. The fourth-order valence-corrected chi connectivity index (χ4v) is 9.58. The van der Waals surface area contributed by atoms with Crippen LogP contribution in [0, 0.1) is 17.7 Å². The third kappa shape index (κ3) is 5.67. The van der Waals surface area contributed by atoms with E-state index in [1.54, 1.807) is 6.20 Å². The van der Waals surface area contributed by atoms with Gasteiger partial charge in [0.25, 0.3) is 0 Å². The smallest absolute Gasteiger partial charge is 0.319 e. The molecule has 2 aromatic heterocycles. The summed E-state index contributed by atoms with van der Waals surface area (Å²) in [5.74, 6) is 0.219. The average Bonchev–Trinajstić information content (AvgIpc) is 3.67. The first-order chi connectivity index (χ1) is 22.0. The number of nitrogens with zero attached hydrogens (tertiary/aromatic N) is 5. The van der Waals surface area contributed by atoms with E-state index in [1.165, 1.54) is 0 Å². The number of aromatic nitrogens is 3. The van der Waals surface area contributed by atoms with Crippen LogP contribution in [0.4, 0.5) is 14.6 Å². The van der Waals surface area contributed by atoms with E-state index in [2.05, 4.69) is 20.7 Å². The molecule has 13 heteroatoms. The highest BCUT2D eigenvalue weighted by Gasteiger charge is 2.50. The van der Waals surface area contributed by atoms with Gasteiger partial charge in [0.1, 0.15) is 24.1 Å². The number of rotatable bonds is 3. The number of fused-ring (bicyclic) bond motifs is 8. The molecule has 7 aliphatic rings. The molecular weight excluding hydrogens is 604 g/mol. The zero-order valence-electron chi connectivity index (χ0n) is 25.7. The van der Waals surface area contributed by atoms with Crippen LogP contribution >= 0.6 is 11.6 Å². The molecule has 8 heterocycles. The van der Waals surface area contributed by atoms with Crippen LogP contribution in [0.1, 0.15) is 63.0 Å².